The summed E-state index contributed by atoms with van der Waals surface area (Å²) in [6.07, 6.45) is 8.07. The van der Waals surface area contributed by atoms with E-state index >= 15 is 0 Å². The zero-order valence-corrected chi connectivity index (χ0v) is 39.3. The second-order valence-electron chi connectivity index (χ2n) is 17.1. The zero-order valence-electron chi connectivity index (χ0n) is 38.5. The molecule has 1 fully saturated rings. The normalized spacial score (nSPS) is 22.2. The molecular formula is C54H65FN2O9S. The highest BCUT2D eigenvalue weighted by molar-refractivity contribution is 7.99. The van der Waals surface area contributed by atoms with Gasteiger partial charge in [0.25, 0.3) is 0 Å². The third-order valence-electron chi connectivity index (χ3n) is 12.8. The quantitative estimate of drug-likeness (QED) is 0.0272. The molecule has 67 heavy (non-hydrogen) atoms. The van der Waals surface area contributed by atoms with Crippen LogP contribution in [-0.2, 0) is 32.2 Å². The Hall–Kier alpha value is -5.18. The van der Waals surface area contributed by atoms with E-state index in [1.165, 1.54) is 17.0 Å². The average Bonchev–Trinajstić information content (AvgIpc) is 3.35. The summed E-state index contributed by atoms with van der Waals surface area (Å²) in [4.78, 5) is 23.5. The van der Waals surface area contributed by atoms with E-state index in [1.807, 2.05) is 67.6 Å². The number of oxime groups is 1. The third-order valence-corrected chi connectivity index (χ3v) is 13.7. The van der Waals surface area contributed by atoms with Gasteiger partial charge in [-0.1, -0.05) is 90.8 Å². The molecule has 0 bridgehead atoms. The molecule has 11 nitrogen and oxygen atoms in total. The number of nitrogens with zero attached hydrogens (tertiary/aromatic N) is 2. The Labute approximate surface area is 398 Å². The van der Waals surface area contributed by atoms with Gasteiger partial charge in [0.2, 0.25) is 5.79 Å². The molecule has 7 rings (SSSR count). The second-order valence-corrected chi connectivity index (χ2v) is 18.3. The van der Waals surface area contributed by atoms with E-state index in [1.54, 1.807) is 34.9 Å². The van der Waals surface area contributed by atoms with Gasteiger partial charge in [0.15, 0.2) is 0 Å². The van der Waals surface area contributed by atoms with Crippen molar-refractivity contribution in [2.24, 2.45) is 22.9 Å². The molecule has 2 N–H and O–H groups in total. The van der Waals surface area contributed by atoms with Crippen LogP contribution in [0.25, 0.3) is 0 Å². The van der Waals surface area contributed by atoms with Crippen LogP contribution in [0, 0.1) is 23.6 Å². The van der Waals surface area contributed by atoms with E-state index < -0.39 is 29.7 Å². The first kappa shape index (κ1) is 49.7. The number of benzene rings is 4. The number of carbonyl (C=O) groups is 1. The van der Waals surface area contributed by atoms with Crippen molar-refractivity contribution in [3.8, 4) is 11.5 Å². The number of ether oxygens (including phenoxy) is 5. The van der Waals surface area contributed by atoms with Crippen molar-refractivity contribution in [2.45, 2.75) is 87.7 Å². The molecule has 13 heteroatoms. The number of aliphatic hydroxyl groups excluding tert-OH is 2. The fourth-order valence-electron chi connectivity index (χ4n) is 9.84. The molecule has 1 aliphatic heterocycles. The monoisotopic (exact) mass is 936 g/mol. The van der Waals surface area contributed by atoms with Crippen molar-refractivity contribution < 1.29 is 47.9 Å². The van der Waals surface area contributed by atoms with E-state index in [2.05, 4.69) is 30.9 Å². The largest absolute Gasteiger partial charge is 0.493 e. The van der Waals surface area contributed by atoms with Crippen LogP contribution in [0.3, 0.4) is 0 Å². The lowest BCUT2D eigenvalue weighted by Gasteiger charge is -2.59. The number of hydrogen-bond donors (Lipinski definition) is 2. The topological polar surface area (TPSA) is 129 Å². The number of hydrogen-bond acceptors (Lipinski definition) is 11. The number of halogens is 1. The fraction of sp³-hybridized carbons (Fsp3) is 0.444. The minimum Gasteiger partial charge on any atom is -0.493 e. The number of allylic oxidation sites excluding steroid dienone is 1. The highest BCUT2D eigenvalue weighted by Crippen LogP contribution is 2.62. The van der Waals surface area contributed by atoms with Crippen LogP contribution in [0.2, 0.25) is 0 Å². The molecule has 3 aliphatic rings. The zero-order chi connectivity index (χ0) is 46.9. The van der Waals surface area contributed by atoms with Crippen LogP contribution in [0.1, 0.15) is 74.5 Å². The Morgan fingerprint density at radius 1 is 0.925 bits per heavy atom. The van der Waals surface area contributed by atoms with Gasteiger partial charge in [0, 0.05) is 48.3 Å². The van der Waals surface area contributed by atoms with Crippen LogP contribution in [0.5, 0.6) is 11.5 Å². The molecular weight excluding hydrogens is 872 g/mol. The maximum absolute atomic E-state index is 14.8. The molecule has 0 saturated heterocycles. The minimum absolute atomic E-state index is 0.0192. The molecule has 4 aromatic carbocycles. The molecule has 0 unspecified atom stereocenters. The second kappa shape index (κ2) is 25.3. The SMILES string of the molecule is C=CCO[C@@]12Oc3ccc(OCCSc4ccccc4)cc3[C@H]3[C@H](CCCCO)[C@@H](CCCCO)C=C(C(=NOCC)C[C@@H]1N(Cc1ccc(F)cc1)C(=O)OCCOCc1ccccc1)[C@H]32. The molecule has 1 heterocycles. The summed E-state index contributed by atoms with van der Waals surface area (Å²) in [7, 11) is 0. The van der Waals surface area contributed by atoms with E-state index in [4.69, 9.17) is 33.7 Å². The predicted octanol–water partition coefficient (Wildman–Crippen LogP) is 10.5. The van der Waals surface area contributed by atoms with Gasteiger partial charge in [-0.15, -0.1) is 18.3 Å². The van der Waals surface area contributed by atoms with Crippen LogP contribution in [0.15, 0.2) is 137 Å². The highest BCUT2D eigenvalue weighted by atomic mass is 32.2. The minimum atomic E-state index is -1.51. The van der Waals surface area contributed by atoms with Gasteiger partial charge in [0.1, 0.15) is 36.6 Å². The number of amides is 1. The lowest BCUT2D eigenvalue weighted by atomic mass is 9.55. The summed E-state index contributed by atoms with van der Waals surface area (Å²) in [5.74, 6) is -0.488. The molecule has 358 valence electrons. The third kappa shape index (κ3) is 12.7. The van der Waals surface area contributed by atoms with Crippen molar-refractivity contribution in [3.63, 3.8) is 0 Å². The predicted molar refractivity (Wildman–Crippen MR) is 259 cm³/mol. The first-order valence-electron chi connectivity index (χ1n) is 23.7. The highest BCUT2D eigenvalue weighted by Gasteiger charge is 2.65. The molecule has 1 amide bonds. The Bertz CT molecular complexity index is 2230. The molecule has 0 radical (unpaired) electrons. The van der Waals surface area contributed by atoms with Gasteiger partial charge in [0.05, 0.1) is 38.1 Å². The van der Waals surface area contributed by atoms with Crippen LogP contribution in [0.4, 0.5) is 9.18 Å². The summed E-state index contributed by atoms with van der Waals surface area (Å²) in [6.45, 7) is 7.55. The van der Waals surface area contributed by atoms with Gasteiger partial charge in [-0.2, -0.15) is 0 Å². The van der Waals surface area contributed by atoms with E-state index in [-0.39, 0.29) is 63.8 Å². The van der Waals surface area contributed by atoms with Crippen molar-refractivity contribution in [1.82, 2.24) is 4.90 Å². The number of unbranched alkanes of at least 4 members (excludes halogenated alkanes) is 2. The van der Waals surface area contributed by atoms with Crippen molar-refractivity contribution in [3.05, 3.63) is 150 Å². The summed E-state index contributed by atoms with van der Waals surface area (Å²) in [5.41, 5.74) is 4.23. The van der Waals surface area contributed by atoms with Gasteiger partial charge < -0.3 is 38.7 Å². The van der Waals surface area contributed by atoms with E-state index in [0.29, 0.717) is 55.4 Å². The van der Waals surface area contributed by atoms with Crippen LogP contribution in [-0.4, -0.2) is 90.7 Å². The van der Waals surface area contributed by atoms with Gasteiger partial charge >= 0.3 is 6.09 Å². The van der Waals surface area contributed by atoms with E-state index in [0.717, 1.165) is 48.1 Å². The summed E-state index contributed by atoms with van der Waals surface area (Å²) >= 11 is 1.73. The fourth-order valence-corrected chi connectivity index (χ4v) is 10.6. The van der Waals surface area contributed by atoms with Crippen molar-refractivity contribution in [2.75, 3.05) is 52.0 Å². The first-order chi connectivity index (χ1) is 32.9. The smallest absolute Gasteiger partial charge is 0.410 e. The molecule has 4 aromatic rings. The Morgan fingerprint density at radius 2 is 1.67 bits per heavy atom. The van der Waals surface area contributed by atoms with Gasteiger partial charge in [-0.3, -0.25) is 4.90 Å². The maximum Gasteiger partial charge on any atom is 0.410 e. The van der Waals surface area contributed by atoms with Crippen LogP contribution < -0.4 is 9.47 Å². The van der Waals surface area contributed by atoms with Gasteiger partial charge in [-0.05, 0) is 104 Å². The Morgan fingerprint density at radius 3 is 2.40 bits per heavy atom. The van der Waals surface area contributed by atoms with E-state index in [9.17, 15) is 19.4 Å². The molecule has 6 atom stereocenters. The van der Waals surface area contributed by atoms with Gasteiger partial charge in [-0.25, -0.2) is 9.18 Å². The standard InChI is InChI=1S/C54H65FN2O9S/c1-3-29-64-54-50(57(37-39-21-23-42(55)24-22-39)53(60)63-31-30-61-38-40-15-7-5-8-16-40)36-48(56-65-4-2)46-34-41(17-11-13-27-58)45(20-12-14-28-59)51(52(46)54)47-35-43(25-26-49(47)66-54)62-32-33-67-44-18-9-6-10-19-44/h3,5-10,15-16,18-19,21-26,34-35,41,45,50-52,58-59H,1,4,11-14,17,20,27-33,36-38H2,2H3/t41-,45+,50-,51+,52+,54+/m0/s1. The number of fused-ring (bicyclic) bond motifs is 2. The molecule has 0 spiro atoms. The summed E-state index contributed by atoms with van der Waals surface area (Å²) in [5, 5.41) is 24.7. The van der Waals surface area contributed by atoms with Crippen LogP contribution >= 0.6 is 11.8 Å². The summed E-state index contributed by atoms with van der Waals surface area (Å²) in [6, 6.07) is 31.2. The lowest BCUT2D eigenvalue weighted by molar-refractivity contribution is -0.256. The average molecular weight is 937 g/mol. The lowest BCUT2D eigenvalue weighted by Crippen LogP contribution is -2.70. The number of aliphatic hydroxyl groups is 2. The Balaban J connectivity index is 1.32. The maximum atomic E-state index is 14.8. The number of rotatable bonds is 26. The molecule has 1 saturated carbocycles. The Kier molecular flexibility index (Phi) is 18.7. The number of thioether (sulfide) groups is 1. The first-order valence-corrected chi connectivity index (χ1v) is 24.7. The van der Waals surface area contributed by atoms with Crippen molar-refractivity contribution >= 4 is 23.6 Å². The summed E-state index contributed by atoms with van der Waals surface area (Å²) < 4.78 is 47.3. The number of carbonyl (C=O) groups excluding carboxylic acids is 1. The molecule has 0 aromatic heterocycles. The van der Waals surface area contributed by atoms with Crippen molar-refractivity contribution in [1.29, 1.82) is 0 Å². The molecule has 2 aliphatic carbocycles.